The molecule has 3 aromatic rings. The zero-order valence-corrected chi connectivity index (χ0v) is 16.9. The van der Waals surface area contributed by atoms with Crippen molar-refractivity contribution in [2.24, 2.45) is 0 Å². The Hall–Kier alpha value is -2.33. The number of benzene rings is 1. The molecule has 146 valence electrons. The van der Waals surface area contributed by atoms with Crippen LogP contribution in [0.3, 0.4) is 0 Å². The number of tetrazole rings is 1. The van der Waals surface area contributed by atoms with E-state index in [1.165, 1.54) is 53.8 Å². The van der Waals surface area contributed by atoms with Gasteiger partial charge in [-0.15, -0.1) is 16.4 Å². The van der Waals surface area contributed by atoms with Crippen molar-refractivity contribution >= 4 is 39.8 Å². The monoisotopic (exact) mass is 418 g/mol. The van der Waals surface area contributed by atoms with Crippen LogP contribution in [0.25, 0.3) is 0 Å². The quantitative estimate of drug-likeness (QED) is 0.554. The summed E-state index contributed by atoms with van der Waals surface area (Å²) in [5.74, 6) is -0.171. The summed E-state index contributed by atoms with van der Waals surface area (Å²) in [4.78, 5) is 18.0. The number of carbonyl (C=O) groups excluding carboxylic acids is 1. The molecule has 1 fully saturated rings. The summed E-state index contributed by atoms with van der Waals surface area (Å²) < 4.78 is 16.1. The minimum Gasteiger partial charge on any atom is -0.274 e. The number of halogens is 1. The lowest BCUT2D eigenvalue weighted by Gasteiger charge is -2.18. The van der Waals surface area contributed by atoms with Gasteiger partial charge in [0.25, 0.3) is 0 Å². The first-order valence-electron chi connectivity index (χ1n) is 9.04. The lowest BCUT2D eigenvalue weighted by Crippen LogP contribution is -2.23. The molecule has 0 atom stereocenters. The molecule has 7 nitrogen and oxygen atoms in total. The maximum atomic E-state index is 14.2. The Morgan fingerprint density at radius 2 is 2.14 bits per heavy atom. The number of para-hydroxylation sites is 1. The number of nitrogens with zero attached hydrogens (tertiary/aromatic N) is 6. The molecule has 0 N–H and O–H groups in total. The van der Waals surface area contributed by atoms with Crippen LogP contribution in [0.4, 0.5) is 15.2 Å². The van der Waals surface area contributed by atoms with Gasteiger partial charge in [-0.2, -0.15) is 0 Å². The van der Waals surface area contributed by atoms with Gasteiger partial charge in [-0.1, -0.05) is 36.7 Å². The molecule has 0 unspecified atom stereocenters. The van der Waals surface area contributed by atoms with Crippen LogP contribution in [-0.4, -0.2) is 31.1 Å². The van der Waals surface area contributed by atoms with Crippen LogP contribution in [0.5, 0.6) is 0 Å². The van der Waals surface area contributed by atoms with Gasteiger partial charge < -0.3 is 0 Å². The largest absolute Gasteiger partial charge is 0.274 e. The average molecular weight is 419 g/mol. The van der Waals surface area contributed by atoms with Gasteiger partial charge in [-0.25, -0.2) is 14.1 Å². The number of carbonyl (C=O) groups is 1. The van der Waals surface area contributed by atoms with Crippen molar-refractivity contribution in [1.82, 2.24) is 25.2 Å². The zero-order valence-electron chi connectivity index (χ0n) is 15.3. The van der Waals surface area contributed by atoms with E-state index in [4.69, 9.17) is 0 Å². The Morgan fingerprint density at radius 3 is 2.89 bits per heavy atom. The summed E-state index contributed by atoms with van der Waals surface area (Å²) in [5, 5.41) is 15.2. The molecule has 4 rings (SSSR count). The molecule has 2 aromatic heterocycles. The third-order valence-electron chi connectivity index (χ3n) is 4.62. The SMILES string of the molecule is CC(=O)N(c1nc(CSc2nnnn2C2CCCC2)cs1)c1ccccc1F. The summed E-state index contributed by atoms with van der Waals surface area (Å²) in [6.07, 6.45) is 4.63. The van der Waals surface area contributed by atoms with Crippen molar-refractivity contribution < 1.29 is 9.18 Å². The Kier molecular flexibility index (Phi) is 5.67. The fourth-order valence-electron chi connectivity index (χ4n) is 3.30. The van der Waals surface area contributed by atoms with E-state index in [-0.39, 0.29) is 11.6 Å². The first kappa shape index (κ1) is 19.0. The molecule has 1 aliphatic rings. The second-order valence-electron chi connectivity index (χ2n) is 6.56. The molecule has 2 heterocycles. The lowest BCUT2D eigenvalue weighted by atomic mass is 10.3. The number of thioether (sulfide) groups is 1. The normalized spacial score (nSPS) is 14.5. The predicted octanol–water partition coefficient (Wildman–Crippen LogP) is 4.36. The Morgan fingerprint density at radius 1 is 1.36 bits per heavy atom. The molecule has 28 heavy (non-hydrogen) atoms. The van der Waals surface area contributed by atoms with Crippen molar-refractivity contribution in [2.75, 3.05) is 4.90 Å². The van der Waals surface area contributed by atoms with Crippen LogP contribution >= 0.6 is 23.1 Å². The van der Waals surface area contributed by atoms with Crippen molar-refractivity contribution in [3.8, 4) is 0 Å². The number of rotatable bonds is 6. The van der Waals surface area contributed by atoms with Gasteiger partial charge >= 0.3 is 0 Å². The van der Waals surface area contributed by atoms with E-state index in [0.717, 1.165) is 23.7 Å². The molecule has 10 heteroatoms. The Balaban J connectivity index is 1.49. The number of aromatic nitrogens is 5. The molecule has 1 aromatic carbocycles. The van der Waals surface area contributed by atoms with E-state index in [2.05, 4.69) is 20.5 Å². The van der Waals surface area contributed by atoms with Crippen molar-refractivity contribution in [3.05, 3.63) is 41.2 Å². The van der Waals surface area contributed by atoms with Gasteiger partial charge in [0.15, 0.2) is 5.13 Å². The fourth-order valence-corrected chi connectivity index (χ4v) is 5.12. The highest BCUT2D eigenvalue weighted by atomic mass is 32.2. The second-order valence-corrected chi connectivity index (χ2v) is 8.34. The first-order chi connectivity index (χ1) is 13.6. The molecule has 0 bridgehead atoms. The average Bonchev–Trinajstić information content (AvgIpc) is 3.43. The molecular weight excluding hydrogens is 399 g/mol. The number of anilines is 2. The minimum atomic E-state index is -0.459. The highest BCUT2D eigenvalue weighted by Gasteiger charge is 2.23. The third kappa shape index (κ3) is 3.93. The number of amides is 1. The lowest BCUT2D eigenvalue weighted by molar-refractivity contribution is -0.115. The van der Waals surface area contributed by atoms with E-state index in [9.17, 15) is 9.18 Å². The van der Waals surface area contributed by atoms with E-state index < -0.39 is 5.82 Å². The van der Waals surface area contributed by atoms with Gasteiger partial charge in [0.1, 0.15) is 5.82 Å². The molecule has 0 spiro atoms. The van der Waals surface area contributed by atoms with Gasteiger partial charge in [-0.05, 0) is 35.4 Å². The number of hydrogen-bond donors (Lipinski definition) is 0. The zero-order chi connectivity index (χ0) is 19.5. The third-order valence-corrected chi connectivity index (χ3v) is 6.46. The summed E-state index contributed by atoms with van der Waals surface area (Å²) in [5.41, 5.74) is 1.00. The summed E-state index contributed by atoms with van der Waals surface area (Å²) in [6, 6.07) is 6.57. The Bertz CT molecular complexity index is 968. The van der Waals surface area contributed by atoms with Gasteiger partial charge in [0, 0.05) is 18.1 Å². The molecule has 1 amide bonds. The first-order valence-corrected chi connectivity index (χ1v) is 10.9. The van der Waals surface area contributed by atoms with E-state index in [1.807, 2.05) is 10.1 Å². The van der Waals surface area contributed by atoms with Crippen molar-refractivity contribution in [2.45, 2.75) is 49.6 Å². The molecule has 1 saturated carbocycles. The van der Waals surface area contributed by atoms with Crippen LogP contribution in [0.15, 0.2) is 34.8 Å². The standard InChI is InChI=1S/C18H19FN6OS2/c1-12(26)24(16-9-5-4-8-15(16)19)17-20-13(10-27-17)11-28-18-21-22-23-25(18)14-6-2-3-7-14/h4-5,8-10,14H,2-3,6-7,11H2,1H3. The molecule has 0 aliphatic heterocycles. The smallest absolute Gasteiger partial charge is 0.230 e. The molecule has 0 radical (unpaired) electrons. The molecule has 1 aliphatic carbocycles. The molecule has 0 saturated heterocycles. The summed E-state index contributed by atoms with van der Waals surface area (Å²) >= 11 is 2.83. The maximum absolute atomic E-state index is 14.2. The van der Waals surface area contributed by atoms with Crippen LogP contribution in [-0.2, 0) is 10.5 Å². The van der Waals surface area contributed by atoms with E-state index >= 15 is 0 Å². The van der Waals surface area contributed by atoms with Crippen LogP contribution in [0.1, 0.15) is 44.3 Å². The van der Waals surface area contributed by atoms with E-state index in [0.29, 0.717) is 16.9 Å². The van der Waals surface area contributed by atoms with Gasteiger partial charge in [-0.3, -0.25) is 9.69 Å². The number of thiazole rings is 1. The van der Waals surface area contributed by atoms with Gasteiger partial charge in [0.2, 0.25) is 11.1 Å². The van der Waals surface area contributed by atoms with Crippen LogP contribution < -0.4 is 4.90 Å². The van der Waals surface area contributed by atoms with Crippen LogP contribution in [0, 0.1) is 5.82 Å². The Labute approximate surface area is 170 Å². The number of hydrogen-bond acceptors (Lipinski definition) is 7. The van der Waals surface area contributed by atoms with Crippen LogP contribution in [0.2, 0.25) is 0 Å². The van der Waals surface area contributed by atoms with Crippen molar-refractivity contribution in [1.29, 1.82) is 0 Å². The molecular formula is C18H19FN6OS2. The minimum absolute atomic E-state index is 0.203. The van der Waals surface area contributed by atoms with Crippen molar-refractivity contribution in [3.63, 3.8) is 0 Å². The predicted molar refractivity (Wildman–Crippen MR) is 106 cm³/mol. The summed E-state index contributed by atoms with van der Waals surface area (Å²) in [7, 11) is 0. The summed E-state index contributed by atoms with van der Waals surface area (Å²) in [6.45, 7) is 1.40. The van der Waals surface area contributed by atoms with E-state index in [1.54, 1.807) is 18.2 Å². The highest BCUT2D eigenvalue weighted by Crippen LogP contribution is 2.34. The topological polar surface area (TPSA) is 76.8 Å². The fraction of sp³-hybridized carbons (Fsp3) is 0.389. The maximum Gasteiger partial charge on any atom is 0.230 e. The highest BCUT2D eigenvalue weighted by molar-refractivity contribution is 7.98. The second kappa shape index (κ2) is 8.36. The van der Waals surface area contributed by atoms with Gasteiger partial charge in [0.05, 0.1) is 17.4 Å².